The molecule has 1 aromatic heterocycles. The van der Waals surface area contributed by atoms with Crippen molar-refractivity contribution in [3.63, 3.8) is 0 Å². The summed E-state index contributed by atoms with van der Waals surface area (Å²) in [4.78, 5) is 24.7. The first-order valence-electron chi connectivity index (χ1n) is 9.76. The first-order valence-corrected chi connectivity index (χ1v) is 9.76. The van der Waals surface area contributed by atoms with Crippen LogP contribution in [0.1, 0.15) is 30.0 Å². The lowest BCUT2D eigenvalue weighted by Gasteiger charge is -2.30. The fourth-order valence-corrected chi connectivity index (χ4v) is 4.02. The van der Waals surface area contributed by atoms with E-state index in [2.05, 4.69) is 0 Å². The van der Waals surface area contributed by atoms with E-state index in [1.54, 1.807) is 19.1 Å². The van der Waals surface area contributed by atoms with Gasteiger partial charge in [0.1, 0.15) is 18.3 Å². The number of hydrogen-bond acceptors (Lipinski definition) is 6. The van der Waals surface area contributed by atoms with Crippen LogP contribution in [0.3, 0.4) is 0 Å². The van der Waals surface area contributed by atoms with E-state index in [0.717, 1.165) is 24.6 Å². The van der Waals surface area contributed by atoms with E-state index in [4.69, 9.17) is 18.6 Å². The van der Waals surface area contributed by atoms with Gasteiger partial charge < -0.3 is 18.6 Å². The first kappa shape index (κ1) is 17.8. The molecule has 148 valence electrons. The summed E-state index contributed by atoms with van der Waals surface area (Å²) in [5.41, 5.74) is 3.18. The van der Waals surface area contributed by atoms with Crippen LogP contribution in [0.4, 0.5) is 0 Å². The topological polar surface area (TPSA) is 75.0 Å². The SMILES string of the molecule is C[C@@H]1Oc2ccccc2O[C@@H]1C(=O)OCc1cc(=O)oc2cc3c(cc12)CCC3. The predicted molar refractivity (Wildman–Crippen MR) is 105 cm³/mol. The summed E-state index contributed by atoms with van der Waals surface area (Å²) in [5.74, 6) is 0.577. The van der Waals surface area contributed by atoms with Gasteiger partial charge >= 0.3 is 11.6 Å². The third-order valence-electron chi connectivity index (χ3n) is 5.49. The predicted octanol–water partition coefficient (Wildman–Crippen LogP) is 3.55. The second kappa shape index (κ2) is 6.95. The molecule has 2 atom stereocenters. The van der Waals surface area contributed by atoms with Crippen LogP contribution >= 0.6 is 0 Å². The highest BCUT2D eigenvalue weighted by atomic mass is 16.6. The van der Waals surface area contributed by atoms with Crippen LogP contribution in [0.25, 0.3) is 11.0 Å². The van der Waals surface area contributed by atoms with Gasteiger partial charge in [-0.1, -0.05) is 12.1 Å². The second-order valence-electron chi connectivity index (χ2n) is 7.48. The number of carbonyl (C=O) groups is 1. The van der Waals surface area contributed by atoms with Crippen molar-refractivity contribution in [1.29, 1.82) is 0 Å². The molecule has 29 heavy (non-hydrogen) atoms. The quantitative estimate of drug-likeness (QED) is 0.501. The van der Waals surface area contributed by atoms with Crippen molar-refractivity contribution >= 4 is 16.9 Å². The van der Waals surface area contributed by atoms with Crippen molar-refractivity contribution in [3.8, 4) is 11.5 Å². The van der Waals surface area contributed by atoms with Crippen molar-refractivity contribution in [2.75, 3.05) is 0 Å². The van der Waals surface area contributed by atoms with Crippen molar-refractivity contribution in [2.45, 2.75) is 45.0 Å². The average Bonchev–Trinajstić information content (AvgIpc) is 3.17. The van der Waals surface area contributed by atoms with Crippen LogP contribution in [-0.2, 0) is 29.0 Å². The van der Waals surface area contributed by atoms with Crippen LogP contribution in [0.5, 0.6) is 11.5 Å². The van der Waals surface area contributed by atoms with Crippen LogP contribution in [-0.4, -0.2) is 18.2 Å². The summed E-state index contributed by atoms with van der Waals surface area (Å²) in [7, 11) is 0. The molecular formula is C23H20O6. The van der Waals surface area contributed by atoms with E-state index in [-0.39, 0.29) is 6.61 Å². The number of aryl methyl sites for hydroxylation is 2. The molecule has 2 heterocycles. The summed E-state index contributed by atoms with van der Waals surface area (Å²) in [5, 5.41) is 0.803. The number of para-hydroxylation sites is 2. The lowest BCUT2D eigenvalue weighted by atomic mass is 10.0. The highest BCUT2D eigenvalue weighted by Gasteiger charge is 2.35. The summed E-state index contributed by atoms with van der Waals surface area (Å²) in [6.07, 6.45) is 1.73. The van der Waals surface area contributed by atoms with E-state index in [1.165, 1.54) is 17.2 Å². The summed E-state index contributed by atoms with van der Waals surface area (Å²) < 4.78 is 22.4. The summed E-state index contributed by atoms with van der Waals surface area (Å²) in [6, 6.07) is 12.6. The Morgan fingerprint density at radius 3 is 2.59 bits per heavy atom. The molecule has 2 aliphatic rings. The highest BCUT2D eigenvalue weighted by molar-refractivity contribution is 5.83. The molecule has 0 fully saturated rings. The number of carbonyl (C=O) groups excluding carboxylic acids is 1. The summed E-state index contributed by atoms with van der Waals surface area (Å²) in [6.45, 7) is 1.73. The van der Waals surface area contributed by atoms with E-state index in [0.29, 0.717) is 22.6 Å². The minimum Gasteiger partial charge on any atom is -0.482 e. The zero-order chi connectivity index (χ0) is 20.0. The molecule has 0 unspecified atom stereocenters. The van der Waals surface area contributed by atoms with Gasteiger partial charge in [0.15, 0.2) is 11.5 Å². The number of benzene rings is 2. The molecule has 0 saturated heterocycles. The smallest absolute Gasteiger partial charge is 0.351 e. The maximum atomic E-state index is 12.7. The maximum absolute atomic E-state index is 12.7. The molecule has 5 rings (SSSR count). The molecule has 0 radical (unpaired) electrons. The van der Waals surface area contributed by atoms with E-state index < -0.39 is 23.8 Å². The molecule has 1 aliphatic heterocycles. The molecule has 0 spiro atoms. The molecule has 0 amide bonds. The molecule has 3 aromatic rings. The Labute approximate surface area is 167 Å². The molecular weight excluding hydrogens is 372 g/mol. The molecule has 6 heteroatoms. The molecule has 0 saturated carbocycles. The minimum absolute atomic E-state index is 0.0338. The average molecular weight is 392 g/mol. The number of fused-ring (bicyclic) bond motifs is 3. The van der Waals surface area contributed by atoms with Gasteiger partial charge in [-0.05, 0) is 61.6 Å². The molecule has 2 aromatic carbocycles. The molecule has 1 aliphatic carbocycles. The van der Waals surface area contributed by atoms with E-state index >= 15 is 0 Å². The third kappa shape index (κ3) is 3.24. The van der Waals surface area contributed by atoms with Crippen LogP contribution in [0.15, 0.2) is 51.7 Å². The molecule has 6 nitrogen and oxygen atoms in total. The van der Waals surface area contributed by atoms with Crippen LogP contribution in [0, 0.1) is 0 Å². The lowest BCUT2D eigenvalue weighted by molar-refractivity contribution is -0.159. The summed E-state index contributed by atoms with van der Waals surface area (Å²) >= 11 is 0. The molecule has 0 N–H and O–H groups in total. The van der Waals surface area contributed by atoms with Gasteiger partial charge in [0.05, 0.1) is 0 Å². The third-order valence-corrected chi connectivity index (χ3v) is 5.49. The number of esters is 1. The second-order valence-corrected chi connectivity index (χ2v) is 7.48. The largest absolute Gasteiger partial charge is 0.482 e. The lowest BCUT2D eigenvalue weighted by Crippen LogP contribution is -2.44. The zero-order valence-electron chi connectivity index (χ0n) is 16.0. The first-order chi connectivity index (χ1) is 14.1. The Bertz CT molecular complexity index is 1160. The Morgan fingerprint density at radius 1 is 1.07 bits per heavy atom. The van der Waals surface area contributed by atoms with Gasteiger partial charge in [0.2, 0.25) is 6.10 Å². The standard InChI is InChI=1S/C23H20O6/c1-13-22(29-19-8-3-2-7-18(19)27-13)23(25)26-12-16-11-21(24)28-20-10-15-6-4-5-14(15)9-17(16)20/h2-3,7-11,13,22H,4-6,12H2,1H3/t13-,22-/m0/s1. The molecule has 0 bridgehead atoms. The Hall–Kier alpha value is -3.28. The van der Waals surface area contributed by atoms with Gasteiger partial charge in [-0.3, -0.25) is 0 Å². The van der Waals surface area contributed by atoms with Crippen molar-refractivity contribution < 1.29 is 23.4 Å². The van der Waals surface area contributed by atoms with Crippen molar-refractivity contribution in [1.82, 2.24) is 0 Å². The van der Waals surface area contributed by atoms with Gasteiger partial charge in [0.25, 0.3) is 0 Å². The van der Waals surface area contributed by atoms with Gasteiger partial charge in [0, 0.05) is 17.0 Å². The Balaban J connectivity index is 1.38. The van der Waals surface area contributed by atoms with Gasteiger partial charge in [-0.15, -0.1) is 0 Å². The number of rotatable bonds is 3. The number of ether oxygens (including phenoxy) is 3. The van der Waals surface area contributed by atoms with Gasteiger partial charge in [-0.2, -0.15) is 0 Å². The van der Waals surface area contributed by atoms with Crippen LogP contribution in [0.2, 0.25) is 0 Å². The fraction of sp³-hybridized carbons (Fsp3) is 0.304. The Kier molecular flexibility index (Phi) is 4.27. The zero-order valence-corrected chi connectivity index (χ0v) is 16.0. The minimum atomic E-state index is -0.875. The number of hydrogen-bond donors (Lipinski definition) is 0. The fourth-order valence-electron chi connectivity index (χ4n) is 4.02. The monoisotopic (exact) mass is 392 g/mol. The Morgan fingerprint density at radius 2 is 1.79 bits per heavy atom. The van der Waals surface area contributed by atoms with Crippen LogP contribution < -0.4 is 15.1 Å². The van der Waals surface area contributed by atoms with Crippen molar-refractivity contribution in [2.24, 2.45) is 0 Å². The normalized spacial score (nSPS) is 19.8. The van der Waals surface area contributed by atoms with E-state index in [9.17, 15) is 9.59 Å². The highest BCUT2D eigenvalue weighted by Crippen LogP contribution is 2.34. The van der Waals surface area contributed by atoms with Gasteiger partial charge in [-0.25, -0.2) is 9.59 Å². The maximum Gasteiger partial charge on any atom is 0.351 e. The van der Waals surface area contributed by atoms with Crippen molar-refractivity contribution in [3.05, 3.63) is 69.6 Å². The van der Waals surface area contributed by atoms with E-state index in [1.807, 2.05) is 24.3 Å².